The molecule has 1 aromatic carbocycles. The van der Waals surface area contributed by atoms with Crippen molar-refractivity contribution in [1.82, 2.24) is 4.98 Å². The second-order valence-corrected chi connectivity index (χ2v) is 5.81. The summed E-state index contributed by atoms with van der Waals surface area (Å²) in [5.74, 6) is -0.00633. The molecule has 0 saturated carbocycles. The molecule has 0 saturated heterocycles. The number of Topliss-reactive ketones (excluding diaryl/α,β-unsaturated/α-hetero) is 1. The number of nitrogens with zero attached hydrogens (tertiary/aromatic N) is 1. The van der Waals surface area contributed by atoms with E-state index in [1.807, 2.05) is 12.1 Å². The van der Waals surface area contributed by atoms with Crippen LogP contribution in [0.15, 0.2) is 42.6 Å². The predicted molar refractivity (Wildman–Crippen MR) is 78.4 cm³/mol. The first kappa shape index (κ1) is 13.5. The molecule has 0 bridgehead atoms. The molecule has 0 atom stereocenters. The van der Waals surface area contributed by atoms with Crippen molar-refractivity contribution in [3.8, 4) is 11.1 Å². The van der Waals surface area contributed by atoms with Crippen LogP contribution in [0.1, 0.15) is 43.7 Å². The van der Waals surface area contributed by atoms with E-state index in [1.54, 1.807) is 6.20 Å². The minimum Gasteiger partial charge on any atom is -0.293 e. The molecule has 0 amide bonds. The number of aromatic nitrogens is 1. The molecule has 2 nitrogen and oxygen atoms in total. The Hall–Kier alpha value is -1.96. The van der Waals surface area contributed by atoms with Gasteiger partial charge in [-0.15, -0.1) is 0 Å². The molecule has 0 radical (unpaired) electrons. The van der Waals surface area contributed by atoms with E-state index < -0.39 is 0 Å². The van der Waals surface area contributed by atoms with Gasteiger partial charge >= 0.3 is 0 Å². The molecule has 0 unspecified atom stereocenters. The number of hydrogen-bond donors (Lipinski definition) is 0. The van der Waals surface area contributed by atoms with Crippen molar-refractivity contribution in [2.24, 2.45) is 0 Å². The summed E-state index contributed by atoms with van der Waals surface area (Å²) in [6.45, 7) is 8.13. The van der Waals surface area contributed by atoms with E-state index in [9.17, 15) is 4.79 Å². The van der Waals surface area contributed by atoms with E-state index in [0.717, 1.165) is 11.1 Å². The van der Waals surface area contributed by atoms with Crippen LogP contribution in [0.2, 0.25) is 0 Å². The second-order valence-electron chi connectivity index (χ2n) is 5.81. The summed E-state index contributed by atoms with van der Waals surface area (Å²) in [7, 11) is 0. The summed E-state index contributed by atoms with van der Waals surface area (Å²) in [6.07, 6.45) is 1.68. The number of carbonyl (C=O) groups excluding carboxylic acids is 1. The van der Waals surface area contributed by atoms with Gasteiger partial charge in [0.1, 0.15) is 5.69 Å². The Morgan fingerprint density at radius 3 is 2.16 bits per heavy atom. The van der Waals surface area contributed by atoms with Gasteiger partial charge in [-0.05, 0) is 34.2 Å². The van der Waals surface area contributed by atoms with Crippen molar-refractivity contribution in [3.05, 3.63) is 53.9 Å². The van der Waals surface area contributed by atoms with Crippen LogP contribution in [0.5, 0.6) is 0 Å². The summed E-state index contributed by atoms with van der Waals surface area (Å²) in [5, 5.41) is 0. The van der Waals surface area contributed by atoms with Gasteiger partial charge in [0.15, 0.2) is 5.78 Å². The fraction of sp³-hybridized carbons (Fsp3) is 0.294. The molecule has 0 spiro atoms. The van der Waals surface area contributed by atoms with Crippen LogP contribution >= 0.6 is 0 Å². The van der Waals surface area contributed by atoms with Crippen LogP contribution in [0.4, 0.5) is 0 Å². The number of benzene rings is 1. The lowest BCUT2D eigenvalue weighted by Gasteiger charge is -2.19. The third-order valence-electron chi connectivity index (χ3n) is 3.20. The highest BCUT2D eigenvalue weighted by Crippen LogP contribution is 2.26. The van der Waals surface area contributed by atoms with E-state index in [4.69, 9.17) is 0 Å². The molecule has 19 heavy (non-hydrogen) atoms. The monoisotopic (exact) mass is 253 g/mol. The molecule has 98 valence electrons. The zero-order chi connectivity index (χ0) is 14.0. The van der Waals surface area contributed by atoms with E-state index >= 15 is 0 Å². The summed E-state index contributed by atoms with van der Waals surface area (Å²) < 4.78 is 0. The highest BCUT2D eigenvalue weighted by Gasteiger charge is 2.13. The third-order valence-corrected chi connectivity index (χ3v) is 3.20. The first-order chi connectivity index (χ1) is 8.88. The predicted octanol–water partition coefficient (Wildman–Crippen LogP) is 4.25. The number of carbonyl (C=O) groups is 1. The van der Waals surface area contributed by atoms with Crippen LogP contribution in [0.3, 0.4) is 0 Å². The standard InChI is InChI=1S/C17H19NO/c1-12(19)16-11-14(9-10-18-16)13-5-7-15(8-6-13)17(2,3)4/h5-11H,1-4H3. The number of hydrogen-bond acceptors (Lipinski definition) is 2. The van der Waals surface area contributed by atoms with Crippen LogP contribution in [0.25, 0.3) is 11.1 Å². The Bertz CT molecular complexity index is 591. The maximum Gasteiger partial charge on any atom is 0.178 e. The molecule has 0 aliphatic carbocycles. The van der Waals surface area contributed by atoms with Gasteiger partial charge in [0.2, 0.25) is 0 Å². The first-order valence-electron chi connectivity index (χ1n) is 6.46. The Labute approximate surface area is 114 Å². The van der Waals surface area contributed by atoms with E-state index in [1.165, 1.54) is 12.5 Å². The Morgan fingerprint density at radius 2 is 1.63 bits per heavy atom. The van der Waals surface area contributed by atoms with E-state index in [2.05, 4.69) is 50.0 Å². The lowest BCUT2D eigenvalue weighted by Crippen LogP contribution is -2.10. The molecule has 0 N–H and O–H groups in total. The minimum atomic E-state index is -0.00633. The Kier molecular flexibility index (Phi) is 3.52. The normalized spacial score (nSPS) is 11.4. The van der Waals surface area contributed by atoms with Crippen molar-refractivity contribution in [2.75, 3.05) is 0 Å². The fourth-order valence-electron chi connectivity index (χ4n) is 1.97. The Balaban J connectivity index is 2.37. The van der Waals surface area contributed by atoms with Gasteiger partial charge in [0.25, 0.3) is 0 Å². The summed E-state index contributed by atoms with van der Waals surface area (Å²) in [5.41, 5.74) is 4.11. The average molecular weight is 253 g/mol. The van der Waals surface area contributed by atoms with Crippen molar-refractivity contribution in [3.63, 3.8) is 0 Å². The molecule has 0 aliphatic heterocycles. The van der Waals surface area contributed by atoms with Gasteiger partial charge in [0, 0.05) is 13.1 Å². The SMILES string of the molecule is CC(=O)c1cc(-c2ccc(C(C)(C)C)cc2)ccn1. The molecule has 1 aromatic heterocycles. The molecule has 2 heteroatoms. The number of pyridine rings is 1. The van der Waals surface area contributed by atoms with Crippen LogP contribution in [-0.2, 0) is 5.41 Å². The topological polar surface area (TPSA) is 30.0 Å². The van der Waals surface area contributed by atoms with Gasteiger partial charge < -0.3 is 0 Å². The maximum atomic E-state index is 11.4. The molecule has 0 aliphatic rings. The Morgan fingerprint density at radius 1 is 1.00 bits per heavy atom. The lowest BCUT2D eigenvalue weighted by molar-refractivity contribution is 0.101. The summed E-state index contributed by atoms with van der Waals surface area (Å²) >= 11 is 0. The smallest absolute Gasteiger partial charge is 0.178 e. The lowest BCUT2D eigenvalue weighted by atomic mass is 9.86. The van der Waals surface area contributed by atoms with Gasteiger partial charge in [-0.1, -0.05) is 45.0 Å². The van der Waals surface area contributed by atoms with Crippen molar-refractivity contribution >= 4 is 5.78 Å². The molecule has 2 aromatic rings. The molecule has 0 fully saturated rings. The summed E-state index contributed by atoms with van der Waals surface area (Å²) in [6, 6.07) is 12.2. The number of rotatable bonds is 2. The summed E-state index contributed by atoms with van der Waals surface area (Å²) in [4.78, 5) is 15.4. The zero-order valence-electron chi connectivity index (χ0n) is 11.9. The minimum absolute atomic E-state index is 0.00633. The van der Waals surface area contributed by atoms with Crippen molar-refractivity contribution in [2.45, 2.75) is 33.1 Å². The highest BCUT2D eigenvalue weighted by molar-refractivity contribution is 5.93. The van der Waals surface area contributed by atoms with E-state index in [-0.39, 0.29) is 11.2 Å². The van der Waals surface area contributed by atoms with Gasteiger partial charge in [-0.25, -0.2) is 0 Å². The quantitative estimate of drug-likeness (QED) is 0.749. The average Bonchev–Trinajstić information content (AvgIpc) is 2.38. The van der Waals surface area contributed by atoms with E-state index in [0.29, 0.717) is 5.69 Å². The van der Waals surface area contributed by atoms with Crippen LogP contribution in [0, 0.1) is 0 Å². The second kappa shape index (κ2) is 4.96. The van der Waals surface area contributed by atoms with Gasteiger partial charge in [-0.3, -0.25) is 9.78 Å². The maximum absolute atomic E-state index is 11.4. The third kappa shape index (κ3) is 3.08. The molecular weight excluding hydrogens is 234 g/mol. The van der Waals surface area contributed by atoms with Gasteiger partial charge in [-0.2, -0.15) is 0 Å². The molecular formula is C17H19NO. The fourth-order valence-corrected chi connectivity index (χ4v) is 1.97. The van der Waals surface area contributed by atoms with Crippen molar-refractivity contribution < 1.29 is 4.79 Å². The molecule has 2 rings (SSSR count). The zero-order valence-corrected chi connectivity index (χ0v) is 11.9. The first-order valence-corrected chi connectivity index (χ1v) is 6.46. The molecule has 1 heterocycles. The highest BCUT2D eigenvalue weighted by atomic mass is 16.1. The number of ketones is 1. The van der Waals surface area contributed by atoms with Crippen LogP contribution < -0.4 is 0 Å². The largest absolute Gasteiger partial charge is 0.293 e. The van der Waals surface area contributed by atoms with Crippen LogP contribution in [-0.4, -0.2) is 10.8 Å². The van der Waals surface area contributed by atoms with Gasteiger partial charge in [0.05, 0.1) is 0 Å². The van der Waals surface area contributed by atoms with Crippen molar-refractivity contribution in [1.29, 1.82) is 0 Å².